The first-order valence-corrected chi connectivity index (χ1v) is 12.4. The van der Waals surface area contributed by atoms with E-state index in [9.17, 15) is 14.4 Å². The maximum Gasteiger partial charge on any atom is 0.338 e. The fourth-order valence-corrected chi connectivity index (χ4v) is 5.76. The van der Waals surface area contributed by atoms with Crippen molar-refractivity contribution in [3.8, 4) is 5.69 Å². The van der Waals surface area contributed by atoms with Gasteiger partial charge >= 0.3 is 11.9 Å². The number of fused-ring (bicyclic) bond motifs is 1. The molecule has 2 aliphatic heterocycles. The summed E-state index contributed by atoms with van der Waals surface area (Å²) in [5.74, 6) is -2.91. The maximum atomic E-state index is 13.4. The lowest BCUT2D eigenvalue weighted by molar-refractivity contribution is -0.139. The number of aromatic nitrogens is 2. The topological polar surface area (TPSA) is 117 Å². The number of thioether (sulfide) groups is 1. The number of para-hydroxylation sites is 1. The second-order valence-electron chi connectivity index (χ2n) is 7.86. The molecule has 0 aliphatic carbocycles. The Morgan fingerprint density at radius 3 is 2.31 bits per heavy atom. The summed E-state index contributed by atoms with van der Waals surface area (Å²) in [6.07, 6.45) is 0. The molecule has 0 bridgehead atoms. The zero-order valence-electron chi connectivity index (χ0n) is 19.7. The van der Waals surface area contributed by atoms with Crippen LogP contribution in [0.2, 0.25) is 5.15 Å². The van der Waals surface area contributed by atoms with Gasteiger partial charge in [0.05, 0.1) is 51.9 Å². The van der Waals surface area contributed by atoms with Crippen molar-refractivity contribution in [3.05, 3.63) is 68.7 Å². The predicted octanol–water partition coefficient (Wildman–Crippen LogP) is 3.40. The monoisotopic (exact) mass is 516 g/mol. The Morgan fingerprint density at radius 1 is 1.11 bits per heavy atom. The van der Waals surface area contributed by atoms with Crippen molar-refractivity contribution >= 4 is 41.2 Å². The molecule has 9 nitrogen and oxygen atoms in total. The molecule has 11 heteroatoms. The van der Waals surface area contributed by atoms with Gasteiger partial charge in [0.1, 0.15) is 11.0 Å². The molecular formula is C24H25ClN4O5S. The number of nitrogens with zero attached hydrogens (tertiary/aromatic N) is 3. The number of rotatable bonds is 6. The fourth-order valence-electron chi connectivity index (χ4n) is 4.21. The number of carbonyl (C=O) groups is 3. The van der Waals surface area contributed by atoms with Crippen LogP contribution in [0.15, 0.2) is 52.3 Å². The molecule has 2 N–H and O–H groups in total. The molecule has 3 heterocycles. The van der Waals surface area contributed by atoms with E-state index in [0.29, 0.717) is 22.0 Å². The molecule has 184 valence electrons. The summed E-state index contributed by atoms with van der Waals surface area (Å²) in [7, 11) is 0. The van der Waals surface area contributed by atoms with Crippen molar-refractivity contribution in [3.63, 3.8) is 0 Å². The molecule has 2 aromatic rings. The van der Waals surface area contributed by atoms with Crippen LogP contribution >= 0.6 is 23.4 Å². The van der Waals surface area contributed by atoms with E-state index in [2.05, 4.69) is 5.10 Å². The van der Waals surface area contributed by atoms with Crippen LogP contribution in [0.5, 0.6) is 0 Å². The smallest absolute Gasteiger partial charge is 0.338 e. The molecule has 0 spiro atoms. The third-order valence-electron chi connectivity index (χ3n) is 5.71. The van der Waals surface area contributed by atoms with Gasteiger partial charge in [-0.25, -0.2) is 14.3 Å². The number of carbonyl (C=O) groups excluding carboxylic acids is 3. The number of hydrogen-bond acceptors (Lipinski definition) is 8. The third kappa shape index (κ3) is 4.10. The Morgan fingerprint density at radius 2 is 1.71 bits per heavy atom. The van der Waals surface area contributed by atoms with Gasteiger partial charge in [0, 0.05) is 5.56 Å². The largest absolute Gasteiger partial charge is 0.463 e. The van der Waals surface area contributed by atoms with Crippen LogP contribution in [0.1, 0.15) is 37.9 Å². The van der Waals surface area contributed by atoms with Gasteiger partial charge in [-0.05, 0) is 39.8 Å². The van der Waals surface area contributed by atoms with E-state index >= 15 is 0 Å². The number of esters is 2. The number of ether oxygens (including phenoxy) is 2. The number of amides is 1. The van der Waals surface area contributed by atoms with Gasteiger partial charge in [0.2, 0.25) is 5.91 Å². The Hall–Kier alpha value is -3.24. The predicted molar refractivity (Wildman–Crippen MR) is 131 cm³/mol. The first kappa shape index (κ1) is 24.9. The third-order valence-corrected chi connectivity index (χ3v) is 7.26. The van der Waals surface area contributed by atoms with E-state index in [1.54, 1.807) is 27.7 Å². The number of halogens is 1. The van der Waals surface area contributed by atoms with Gasteiger partial charge in [-0.3, -0.25) is 9.69 Å². The van der Waals surface area contributed by atoms with Crippen molar-refractivity contribution < 1.29 is 23.9 Å². The van der Waals surface area contributed by atoms with Crippen LogP contribution in [-0.2, 0) is 23.9 Å². The van der Waals surface area contributed by atoms with Gasteiger partial charge in [-0.2, -0.15) is 5.10 Å². The van der Waals surface area contributed by atoms with Crippen LogP contribution in [0, 0.1) is 6.92 Å². The molecule has 0 saturated carbocycles. The minimum Gasteiger partial charge on any atom is -0.463 e. The van der Waals surface area contributed by atoms with Gasteiger partial charge < -0.3 is 15.2 Å². The van der Waals surface area contributed by atoms with Crippen molar-refractivity contribution in [1.29, 1.82) is 0 Å². The summed E-state index contributed by atoms with van der Waals surface area (Å²) in [4.78, 5) is 40.8. The summed E-state index contributed by atoms with van der Waals surface area (Å²) < 4.78 is 12.2. The molecule has 1 fully saturated rings. The molecular weight excluding hydrogens is 492 g/mol. The first-order chi connectivity index (χ1) is 16.7. The first-order valence-electron chi connectivity index (χ1n) is 11.1. The van der Waals surface area contributed by atoms with Gasteiger partial charge in [0.15, 0.2) is 0 Å². The molecule has 1 saturated heterocycles. The van der Waals surface area contributed by atoms with Gasteiger partial charge in [-0.1, -0.05) is 41.6 Å². The molecule has 2 aliphatic rings. The van der Waals surface area contributed by atoms with Gasteiger partial charge in [-0.15, -0.1) is 0 Å². The highest BCUT2D eigenvalue weighted by atomic mass is 35.5. The fraction of sp³-hybridized carbons (Fsp3) is 0.333. The molecule has 4 rings (SSSR count). The Kier molecular flexibility index (Phi) is 6.95. The lowest BCUT2D eigenvalue weighted by Gasteiger charge is -2.33. The number of nitrogens with two attached hydrogens (primary N) is 1. The van der Waals surface area contributed by atoms with E-state index in [1.807, 2.05) is 30.3 Å². The second kappa shape index (κ2) is 9.79. The summed E-state index contributed by atoms with van der Waals surface area (Å²) in [5, 5.41) is 4.59. The lowest BCUT2D eigenvalue weighted by Crippen LogP contribution is -2.40. The zero-order chi connectivity index (χ0) is 25.4. The minimum atomic E-state index is -1.05. The van der Waals surface area contributed by atoms with Gasteiger partial charge in [0.25, 0.3) is 0 Å². The Labute approximate surface area is 211 Å². The van der Waals surface area contributed by atoms with Crippen molar-refractivity contribution in [2.45, 2.75) is 38.9 Å². The van der Waals surface area contributed by atoms with E-state index in [0.717, 1.165) is 0 Å². The highest BCUT2D eigenvalue weighted by Crippen LogP contribution is 2.51. The van der Waals surface area contributed by atoms with Crippen molar-refractivity contribution in [2.75, 3.05) is 13.2 Å². The Bertz CT molecular complexity index is 1270. The van der Waals surface area contributed by atoms with E-state index in [1.165, 1.54) is 21.3 Å². The number of aryl methyl sites for hydroxylation is 1. The van der Waals surface area contributed by atoms with Crippen LogP contribution in [0.3, 0.4) is 0 Å². The summed E-state index contributed by atoms with van der Waals surface area (Å²) >= 11 is 8.05. The lowest BCUT2D eigenvalue weighted by atomic mass is 9.82. The van der Waals surface area contributed by atoms with Crippen molar-refractivity contribution in [2.24, 2.45) is 5.73 Å². The minimum absolute atomic E-state index is 0.0562. The highest BCUT2D eigenvalue weighted by Gasteiger charge is 2.50. The zero-order valence-corrected chi connectivity index (χ0v) is 21.3. The molecule has 1 amide bonds. The van der Waals surface area contributed by atoms with Crippen LogP contribution in [0.25, 0.3) is 5.69 Å². The molecule has 0 radical (unpaired) electrons. The maximum absolute atomic E-state index is 13.4. The highest BCUT2D eigenvalue weighted by molar-refractivity contribution is 8.04. The van der Waals surface area contributed by atoms with E-state index < -0.39 is 23.1 Å². The van der Waals surface area contributed by atoms with Crippen LogP contribution < -0.4 is 5.73 Å². The quantitative estimate of drug-likeness (QED) is 0.580. The summed E-state index contributed by atoms with van der Waals surface area (Å²) in [6, 6.07) is 9.22. The van der Waals surface area contributed by atoms with Crippen LogP contribution in [0.4, 0.5) is 0 Å². The molecule has 2 atom stereocenters. The SMILES string of the molecule is CCOC(=O)C1=C(N)N2C(=O)[C@@H](C)SC2=C(C(=O)OCC)[C@@H]1c1c(C)nn(-c2ccccc2)c1Cl. The average Bonchev–Trinajstić information content (AvgIpc) is 3.29. The normalized spacial score (nSPS) is 19.8. The average molecular weight is 517 g/mol. The molecule has 1 aromatic heterocycles. The summed E-state index contributed by atoms with van der Waals surface area (Å²) in [6.45, 7) is 6.94. The molecule has 0 unspecified atom stereocenters. The van der Waals surface area contributed by atoms with E-state index in [-0.39, 0.29) is 41.2 Å². The molecule has 1 aromatic carbocycles. The standard InChI is InChI=1S/C24H25ClN4O5S/c1-5-33-23(31)17-16(15-12(3)27-29(19(15)25)14-10-8-7-9-11-14)18(24(32)34-6-2)22-28(20(17)26)21(30)13(4)35-22/h7-11,13,16H,5-6,26H2,1-4H3/t13-,16-/m1/s1. The second-order valence-corrected chi connectivity index (χ2v) is 9.55. The molecule has 35 heavy (non-hydrogen) atoms. The Balaban J connectivity index is 2.02. The van der Waals surface area contributed by atoms with Crippen LogP contribution in [-0.4, -0.2) is 51.0 Å². The summed E-state index contributed by atoms with van der Waals surface area (Å²) in [5.41, 5.74) is 8.08. The number of hydrogen-bond donors (Lipinski definition) is 1. The van der Waals surface area contributed by atoms with E-state index in [4.69, 9.17) is 26.8 Å². The number of benzene rings is 1. The van der Waals surface area contributed by atoms with Crippen molar-refractivity contribution in [1.82, 2.24) is 14.7 Å².